The molecular formula is C17H23F2N. The molecule has 20 heavy (non-hydrogen) atoms. The molecule has 3 heteroatoms. The van der Waals surface area contributed by atoms with Gasteiger partial charge < -0.3 is 0 Å². The van der Waals surface area contributed by atoms with Gasteiger partial charge in [-0.05, 0) is 49.7 Å². The number of hydrogen-bond acceptors (Lipinski definition) is 1. The molecule has 2 atom stereocenters. The first-order chi connectivity index (χ1) is 9.56. The summed E-state index contributed by atoms with van der Waals surface area (Å²) in [6.45, 7) is 5.01. The summed E-state index contributed by atoms with van der Waals surface area (Å²) in [4.78, 5) is 2.35. The van der Waals surface area contributed by atoms with Crippen LogP contribution in [0.1, 0.15) is 45.1 Å². The van der Waals surface area contributed by atoms with Crippen molar-refractivity contribution in [1.82, 2.24) is 4.90 Å². The van der Waals surface area contributed by atoms with Crippen molar-refractivity contribution >= 4 is 0 Å². The maximum absolute atomic E-state index is 13.8. The van der Waals surface area contributed by atoms with E-state index in [0.29, 0.717) is 24.5 Å². The molecule has 0 N–H and O–H groups in total. The van der Waals surface area contributed by atoms with Gasteiger partial charge in [-0.15, -0.1) is 0 Å². The molecule has 2 saturated heterocycles. The molecule has 110 valence electrons. The van der Waals surface area contributed by atoms with E-state index in [1.807, 2.05) is 0 Å². The van der Waals surface area contributed by atoms with E-state index in [1.165, 1.54) is 43.9 Å². The van der Waals surface area contributed by atoms with Crippen LogP contribution in [0.4, 0.5) is 8.78 Å². The second-order valence-electron chi connectivity index (χ2n) is 6.73. The third kappa shape index (κ3) is 2.48. The van der Waals surface area contributed by atoms with Gasteiger partial charge >= 0.3 is 0 Å². The van der Waals surface area contributed by atoms with Gasteiger partial charge in [0.2, 0.25) is 0 Å². The first kappa shape index (κ1) is 14.0. The van der Waals surface area contributed by atoms with Gasteiger partial charge in [0.25, 0.3) is 0 Å². The van der Waals surface area contributed by atoms with Crippen LogP contribution in [0.3, 0.4) is 0 Å². The second kappa shape index (κ2) is 5.44. The summed E-state index contributed by atoms with van der Waals surface area (Å²) in [6.07, 6.45) is 4.74. The van der Waals surface area contributed by atoms with Crippen molar-refractivity contribution in [3.8, 4) is 0 Å². The van der Waals surface area contributed by atoms with E-state index in [-0.39, 0.29) is 5.56 Å². The van der Waals surface area contributed by atoms with Gasteiger partial charge in [-0.1, -0.05) is 19.9 Å². The minimum absolute atomic E-state index is 0.243. The van der Waals surface area contributed by atoms with Crippen molar-refractivity contribution in [2.75, 3.05) is 0 Å². The monoisotopic (exact) mass is 279 g/mol. The Labute approximate surface area is 120 Å². The fourth-order valence-electron chi connectivity index (χ4n) is 3.98. The molecule has 3 rings (SSSR count). The fourth-order valence-corrected chi connectivity index (χ4v) is 3.98. The first-order valence-corrected chi connectivity index (χ1v) is 7.75. The van der Waals surface area contributed by atoms with Gasteiger partial charge in [-0.3, -0.25) is 4.90 Å². The Morgan fingerprint density at radius 3 is 2.15 bits per heavy atom. The predicted octanol–water partition coefficient (Wildman–Crippen LogP) is 4.36. The third-order valence-electron chi connectivity index (χ3n) is 5.27. The molecule has 2 fully saturated rings. The first-order valence-electron chi connectivity index (χ1n) is 7.75. The molecule has 2 aliphatic rings. The highest BCUT2D eigenvalue weighted by Gasteiger charge is 2.41. The van der Waals surface area contributed by atoms with E-state index in [0.717, 1.165) is 5.92 Å². The highest BCUT2D eigenvalue weighted by molar-refractivity contribution is 5.20. The van der Waals surface area contributed by atoms with Gasteiger partial charge in [0.05, 0.1) is 0 Å². The number of halogens is 2. The van der Waals surface area contributed by atoms with E-state index >= 15 is 0 Å². The Morgan fingerprint density at radius 1 is 1.10 bits per heavy atom. The zero-order valence-electron chi connectivity index (χ0n) is 12.3. The van der Waals surface area contributed by atoms with Crippen LogP contribution in [0.2, 0.25) is 0 Å². The van der Waals surface area contributed by atoms with Crippen molar-refractivity contribution in [2.45, 2.75) is 58.2 Å². The number of piperidine rings is 1. The minimum Gasteiger partial charge on any atom is -0.293 e. The lowest BCUT2D eigenvalue weighted by atomic mass is 9.82. The van der Waals surface area contributed by atoms with E-state index in [9.17, 15) is 8.78 Å². The van der Waals surface area contributed by atoms with Gasteiger partial charge in [0, 0.05) is 24.2 Å². The van der Waals surface area contributed by atoms with Gasteiger partial charge in [-0.25, -0.2) is 8.78 Å². The lowest BCUT2D eigenvalue weighted by molar-refractivity contribution is 0.0766. The zero-order chi connectivity index (χ0) is 14.3. The van der Waals surface area contributed by atoms with Crippen LogP contribution in [0.25, 0.3) is 0 Å². The zero-order valence-corrected chi connectivity index (χ0v) is 12.3. The van der Waals surface area contributed by atoms with Gasteiger partial charge in [0.1, 0.15) is 11.6 Å². The van der Waals surface area contributed by atoms with Crippen molar-refractivity contribution in [1.29, 1.82) is 0 Å². The normalized spacial score (nSPS) is 30.1. The Bertz CT molecular complexity index is 452. The Hall–Kier alpha value is -0.960. The Morgan fingerprint density at radius 2 is 1.65 bits per heavy atom. The predicted molar refractivity (Wildman–Crippen MR) is 76.3 cm³/mol. The molecule has 0 amide bonds. The molecule has 0 aromatic heterocycles. The van der Waals surface area contributed by atoms with E-state index in [1.54, 1.807) is 0 Å². The molecule has 0 radical (unpaired) electrons. The highest BCUT2D eigenvalue weighted by atomic mass is 19.1. The molecule has 1 aromatic rings. The summed E-state index contributed by atoms with van der Waals surface area (Å²) in [5, 5.41) is 0. The molecular weight excluding hydrogens is 256 g/mol. The second-order valence-corrected chi connectivity index (χ2v) is 6.73. The van der Waals surface area contributed by atoms with Crippen molar-refractivity contribution in [3.63, 3.8) is 0 Å². The van der Waals surface area contributed by atoms with Crippen LogP contribution in [0, 0.1) is 23.5 Å². The Balaban J connectivity index is 1.77. The van der Waals surface area contributed by atoms with Gasteiger partial charge in [0.15, 0.2) is 0 Å². The molecule has 2 bridgehead atoms. The minimum atomic E-state index is -0.407. The molecule has 2 unspecified atom stereocenters. The number of nitrogens with zero attached hydrogens (tertiary/aromatic N) is 1. The Kier molecular flexibility index (Phi) is 3.80. The lowest BCUT2D eigenvalue weighted by Crippen LogP contribution is -2.43. The smallest absolute Gasteiger partial charge is 0.130 e. The topological polar surface area (TPSA) is 3.24 Å². The maximum atomic E-state index is 13.8. The number of rotatable bonds is 3. The standard InChI is InChI=1S/C17H23F2N/c1-11(2)12-8-13-6-7-14(9-12)20(13)10-15-16(18)4-3-5-17(15)19/h3-5,11-14H,6-10H2,1-2H3. The summed E-state index contributed by atoms with van der Waals surface area (Å²) in [5.41, 5.74) is 0.243. The van der Waals surface area contributed by atoms with Crippen molar-refractivity contribution in [3.05, 3.63) is 35.4 Å². The quantitative estimate of drug-likeness (QED) is 0.794. The average molecular weight is 279 g/mol. The summed E-state index contributed by atoms with van der Waals surface area (Å²) < 4.78 is 27.6. The summed E-state index contributed by atoms with van der Waals surface area (Å²) >= 11 is 0. The molecule has 0 aliphatic carbocycles. The van der Waals surface area contributed by atoms with Crippen molar-refractivity contribution in [2.24, 2.45) is 11.8 Å². The molecule has 2 aliphatic heterocycles. The van der Waals surface area contributed by atoms with Crippen LogP contribution >= 0.6 is 0 Å². The molecule has 1 aromatic carbocycles. The van der Waals surface area contributed by atoms with Crippen LogP contribution in [0.5, 0.6) is 0 Å². The summed E-state index contributed by atoms with van der Waals surface area (Å²) in [5.74, 6) is 0.672. The number of fused-ring (bicyclic) bond motifs is 2. The van der Waals surface area contributed by atoms with Crippen LogP contribution in [-0.2, 0) is 6.54 Å². The number of benzene rings is 1. The van der Waals surface area contributed by atoms with Crippen LogP contribution in [-0.4, -0.2) is 17.0 Å². The average Bonchev–Trinajstić information content (AvgIpc) is 2.63. The van der Waals surface area contributed by atoms with E-state index in [4.69, 9.17) is 0 Å². The fraction of sp³-hybridized carbons (Fsp3) is 0.647. The van der Waals surface area contributed by atoms with Crippen molar-refractivity contribution < 1.29 is 8.78 Å². The summed E-state index contributed by atoms with van der Waals surface area (Å²) in [6, 6.07) is 5.19. The van der Waals surface area contributed by atoms with Crippen LogP contribution in [0.15, 0.2) is 18.2 Å². The van der Waals surface area contributed by atoms with Crippen LogP contribution < -0.4 is 0 Å². The molecule has 2 heterocycles. The molecule has 1 nitrogen and oxygen atoms in total. The number of hydrogen-bond donors (Lipinski definition) is 0. The lowest BCUT2D eigenvalue weighted by Gasteiger charge is -2.40. The maximum Gasteiger partial charge on any atom is 0.130 e. The van der Waals surface area contributed by atoms with Gasteiger partial charge in [-0.2, -0.15) is 0 Å². The molecule has 0 spiro atoms. The highest BCUT2D eigenvalue weighted by Crippen LogP contribution is 2.42. The molecule has 0 saturated carbocycles. The largest absolute Gasteiger partial charge is 0.293 e. The van der Waals surface area contributed by atoms with E-state index < -0.39 is 11.6 Å². The third-order valence-corrected chi connectivity index (χ3v) is 5.27. The SMILES string of the molecule is CC(C)C1CC2CCC(C1)N2Cc1c(F)cccc1F. The summed E-state index contributed by atoms with van der Waals surface area (Å²) in [7, 11) is 0. The van der Waals surface area contributed by atoms with E-state index in [2.05, 4.69) is 18.7 Å².